The average Bonchev–Trinajstić information content (AvgIpc) is 3.09. The van der Waals surface area contributed by atoms with Crippen molar-refractivity contribution in [3.8, 4) is 0 Å². The van der Waals surface area contributed by atoms with E-state index in [-0.39, 0.29) is 10.9 Å². The number of halogens is 2. The zero-order chi connectivity index (χ0) is 21.2. The van der Waals surface area contributed by atoms with Gasteiger partial charge in [0.2, 0.25) is 15.9 Å². The fourth-order valence-electron chi connectivity index (χ4n) is 3.17. The maximum atomic E-state index is 14.0. The van der Waals surface area contributed by atoms with Crippen LogP contribution < -0.4 is 4.72 Å². The molecule has 29 heavy (non-hydrogen) atoms. The van der Waals surface area contributed by atoms with Gasteiger partial charge in [-0.25, -0.2) is 17.8 Å². The smallest absolute Gasteiger partial charge is 0.243 e. The molecule has 1 unspecified atom stereocenters. The first kappa shape index (κ1) is 21.3. The second-order valence-corrected chi connectivity index (χ2v) is 9.04. The van der Waals surface area contributed by atoms with E-state index in [9.17, 15) is 17.6 Å². The highest BCUT2D eigenvalue weighted by Crippen LogP contribution is 2.34. The number of sulfonamides is 1. The van der Waals surface area contributed by atoms with Crippen molar-refractivity contribution in [2.24, 2.45) is 5.10 Å². The monoisotopic (exact) mass is 437 g/mol. The molecule has 0 radical (unpaired) electrons. The molecule has 0 aliphatic carbocycles. The summed E-state index contributed by atoms with van der Waals surface area (Å²) >= 11 is 5.79. The maximum Gasteiger partial charge on any atom is 0.243 e. The minimum Gasteiger partial charge on any atom is -0.284 e. The first-order valence-corrected chi connectivity index (χ1v) is 11.4. The molecule has 6 nitrogen and oxygen atoms in total. The van der Waals surface area contributed by atoms with Crippen molar-refractivity contribution < 1.29 is 17.6 Å². The second-order valence-electron chi connectivity index (χ2n) is 6.88. The molecule has 9 heteroatoms. The van der Waals surface area contributed by atoms with Crippen molar-refractivity contribution in [1.82, 2.24) is 5.01 Å². The lowest BCUT2D eigenvalue weighted by molar-refractivity contribution is -0.133. The lowest BCUT2D eigenvalue weighted by Crippen LogP contribution is -2.26. The zero-order valence-electron chi connectivity index (χ0n) is 16.0. The molecule has 1 aliphatic heterocycles. The number of nitrogens with zero attached hydrogens (tertiary/aromatic N) is 2. The van der Waals surface area contributed by atoms with Gasteiger partial charge >= 0.3 is 0 Å². The molecule has 0 saturated carbocycles. The normalized spacial score (nSPS) is 16.6. The fourth-order valence-corrected chi connectivity index (χ4v) is 3.85. The lowest BCUT2D eigenvalue weighted by Gasteiger charge is -2.22. The number of amides is 1. The van der Waals surface area contributed by atoms with Crippen molar-refractivity contribution in [2.75, 3.05) is 11.0 Å². The largest absolute Gasteiger partial charge is 0.284 e. The Kier molecular flexibility index (Phi) is 6.24. The molecule has 3 rings (SSSR count). The third-order valence-corrected chi connectivity index (χ3v) is 5.39. The first-order valence-electron chi connectivity index (χ1n) is 9.10. The average molecular weight is 438 g/mol. The van der Waals surface area contributed by atoms with E-state index in [2.05, 4.69) is 9.82 Å². The molecule has 0 aromatic heterocycles. The van der Waals surface area contributed by atoms with Gasteiger partial charge < -0.3 is 0 Å². The molecule has 1 N–H and O–H groups in total. The van der Waals surface area contributed by atoms with Crippen LogP contribution in [-0.4, -0.2) is 31.3 Å². The number of benzene rings is 2. The Balaban J connectivity index is 1.90. The van der Waals surface area contributed by atoms with Crippen molar-refractivity contribution in [3.05, 3.63) is 64.4 Å². The molecule has 1 heterocycles. The summed E-state index contributed by atoms with van der Waals surface area (Å²) in [6.07, 6.45) is 2.50. The van der Waals surface area contributed by atoms with Crippen LogP contribution in [0.3, 0.4) is 0 Å². The van der Waals surface area contributed by atoms with Gasteiger partial charge in [-0.1, -0.05) is 36.7 Å². The molecule has 0 bridgehead atoms. The molecule has 2 aromatic rings. The Morgan fingerprint density at radius 3 is 2.55 bits per heavy atom. The van der Waals surface area contributed by atoms with E-state index < -0.39 is 21.9 Å². The quantitative estimate of drug-likeness (QED) is 0.730. The number of hydrogen-bond acceptors (Lipinski definition) is 4. The van der Waals surface area contributed by atoms with E-state index >= 15 is 0 Å². The highest BCUT2D eigenvalue weighted by atomic mass is 35.5. The summed E-state index contributed by atoms with van der Waals surface area (Å²) in [6.45, 7) is 1.91. The minimum atomic E-state index is -3.37. The van der Waals surface area contributed by atoms with Crippen LogP contribution in [-0.2, 0) is 14.8 Å². The second kappa shape index (κ2) is 8.51. The highest BCUT2D eigenvalue weighted by Gasteiger charge is 2.33. The standard InChI is InChI=1S/C20H21ClFN3O3S/c1-3-4-20(26)25-19(14-7-10-16(21)17(22)11-14)12-18(23-25)13-5-8-15(9-6-13)24-29(2,27)28/h5-11,19,24H,3-4,12H2,1-2H3. The predicted octanol–water partition coefficient (Wildman–Crippen LogP) is 4.33. The number of hydrogen-bond donors (Lipinski definition) is 1. The van der Waals surface area contributed by atoms with Crippen LogP contribution in [0.2, 0.25) is 5.02 Å². The molecule has 0 spiro atoms. The lowest BCUT2D eigenvalue weighted by atomic mass is 9.98. The van der Waals surface area contributed by atoms with Crippen LogP contribution in [0.15, 0.2) is 47.6 Å². The molecular formula is C20H21ClFN3O3S. The van der Waals surface area contributed by atoms with Gasteiger partial charge in [0.15, 0.2) is 0 Å². The summed E-state index contributed by atoms with van der Waals surface area (Å²) in [7, 11) is -3.37. The molecule has 2 aromatic carbocycles. The Morgan fingerprint density at radius 2 is 1.97 bits per heavy atom. The van der Waals surface area contributed by atoms with Gasteiger partial charge in [-0.15, -0.1) is 0 Å². The molecule has 0 fully saturated rings. The van der Waals surface area contributed by atoms with Gasteiger partial charge in [0.1, 0.15) is 5.82 Å². The van der Waals surface area contributed by atoms with Crippen molar-refractivity contribution in [1.29, 1.82) is 0 Å². The van der Waals surface area contributed by atoms with E-state index in [1.165, 1.54) is 17.1 Å². The van der Waals surface area contributed by atoms with Crippen molar-refractivity contribution in [2.45, 2.75) is 32.2 Å². The third kappa shape index (κ3) is 5.13. The topological polar surface area (TPSA) is 78.8 Å². The number of anilines is 1. The van der Waals surface area contributed by atoms with Gasteiger partial charge in [0.25, 0.3) is 0 Å². The predicted molar refractivity (Wildman–Crippen MR) is 112 cm³/mol. The van der Waals surface area contributed by atoms with Gasteiger partial charge in [-0.05, 0) is 41.8 Å². The van der Waals surface area contributed by atoms with Crippen LogP contribution in [0.25, 0.3) is 0 Å². The van der Waals surface area contributed by atoms with Crippen LogP contribution >= 0.6 is 11.6 Å². The van der Waals surface area contributed by atoms with Gasteiger partial charge in [-0.2, -0.15) is 5.10 Å². The molecule has 1 amide bonds. The molecule has 1 atom stereocenters. The van der Waals surface area contributed by atoms with Crippen molar-refractivity contribution in [3.63, 3.8) is 0 Å². The number of carbonyl (C=O) groups is 1. The van der Waals surface area contributed by atoms with E-state index in [4.69, 9.17) is 11.6 Å². The number of hydrazone groups is 1. The Bertz CT molecular complexity index is 1060. The molecule has 0 saturated heterocycles. The third-order valence-electron chi connectivity index (χ3n) is 4.48. The molecule has 1 aliphatic rings. The zero-order valence-corrected chi connectivity index (χ0v) is 17.6. The summed E-state index contributed by atoms with van der Waals surface area (Å²) in [6, 6.07) is 10.8. The number of rotatable bonds is 6. The Labute approximate surface area is 174 Å². The van der Waals surface area contributed by atoms with Crippen molar-refractivity contribution >= 4 is 38.9 Å². The number of nitrogens with one attached hydrogen (secondary N) is 1. The van der Waals surface area contributed by atoms with E-state index in [1.54, 1.807) is 30.3 Å². The van der Waals surface area contributed by atoms with Gasteiger partial charge in [-0.3, -0.25) is 9.52 Å². The number of carbonyl (C=O) groups excluding carboxylic acids is 1. The van der Waals surface area contributed by atoms with E-state index in [1.807, 2.05) is 6.92 Å². The van der Waals surface area contributed by atoms with Gasteiger partial charge in [0, 0.05) is 18.5 Å². The first-order chi connectivity index (χ1) is 13.7. The summed E-state index contributed by atoms with van der Waals surface area (Å²) in [5.74, 6) is -0.685. The summed E-state index contributed by atoms with van der Waals surface area (Å²) in [4.78, 5) is 12.6. The van der Waals surface area contributed by atoms with Crippen LogP contribution in [0, 0.1) is 5.82 Å². The summed E-state index contributed by atoms with van der Waals surface area (Å²) in [5, 5.41) is 5.93. The molecular weight excluding hydrogens is 417 g/mol. The van der Waals surface area contributed by atoms with Crippen LogP contribution in [0.1, 0.15) is 43.4 Å². The fraction of sp³-hybridized carbons (Fsp3) is 0.300. The maximum absolute atomic E-state index is 14.0. The van der Waals surface area contributed by atoms with Crippen LogP contribution in [0.5, 0.6) is 0 Å². The van der Waals surface area contributed by atoms with Crippen LogP contribution in [0.4, 0.5) is 10.1 Å². The molecule has 154 valence electrons. The summed E-state index contributed by atoms with van der Waals surface area (Å²) < 4.78 is 39.1. The van der Waals surface area contributed by atoms with E-state index in [0.717, 1.165) is 11.8 Å². The minimum absolute atomic E-state index is 0.0216. The summed E-state index contributed by atoms with van der Waals surface area (Å²) in [5.41, 5.74) is 2.48. The highest BCUT2D eigenvalue weighted by molar-refractivity contribution is 7.92. The van der Waals surface area contributed by atoms with E-state index in [0.29, 0.717) is 36.2 Å². The van der Waals surface area contributed by atoms with Gasteiger partial charge in [0.05, 0.1) is 23.0 Å². The SMILES string of the molecule is CCCC(=O)N1N=C(c2ccc(NS(C)(=O)=O)cc2)CC1c1ccc(Cl)c(F)c1. The Hall–Kier alpha value is -2.45. The Morgan fingerprint density at radius 1 is 1.28 bits per heavy atom.